The summed E-state index contributed by atoms with van der Waals surface area (Å²) in [5.41, 5.74) is 2.14. The van der Waals surface area contributed by atoms with E-state index < -0.39 is 5.97 Å². The highest BCUT2D eigenvalue weighted by atomic mass is 16.5. The van der Waals surface area contributed by atoms with Crippen LogP contribution >= 0.6 is 0 Å². The van der Waals surface area contributed by atoms with Crippen LogP contribution in [0.5, 0.6) is 0 Å². The number of aryl methyl sites for hydroxylation is 1. The molecule has 0 heterocycles. The predicted molar refractivity (Wildman–Crippen MR) is 80.4 cm³/mol. The number of amides is 1. The van der Waals surface area contributed by atoms with Crippen LogP contribution in [0.3, 0.4) is 0 Å². The first-order valence-corrected chi connectivity index (χ1v) is 6.80. The largest absolute Gasteiger partial charge is 0.478 e. The topological polar surface area (TPSA) is 75.6 Å². The minimum Gasteiger partial charge on any atom is -0.478 e. The molecule has 0 saturated heterocycles. The highest BCUT2D eigenvalue weighted by Gasteiger charge is 2.04. The van der Waals surface area contributed by atoms with E-state index in [1.807, 2.05) is 6.92 Å². The number of aromatic carboxylic acids is 1. The molecule has 1 aromatic carbocycles. The number of carbonyl (C=O) groups excluding carboxylic acids is 1. The summed E-state index contributed by atoms with van der Waals surface area (Å²) in [4.78, 5) is 22.3. The van der Waals surface area contributed by atoms with Gasteiger partial charge in [0.05, 0.1) is 18.8 Å². The molecule has 114 valence electrons. The van der Waals surface area contributed by atoms with E-state index in [9.17, 15) is 9.59 Å². The number of ether oxygens (including phenoxy) is 1. The lowest BCUT2D eigenvalue weighted by Crippen LogP contribution is -2.27. The Morgan fingerprint density at radius 2 is 1.95 bits per heavy atom. The van der Waals surface area contributed by atoms with Crippen molar-refractivity contribution in [2.75, 3.05) is 19.8 Å². The zero-order chi connectivity index (χ0) is 15.7. The summed E-state index contributed by atoms with van der Waals surface area (Å²) < 4.78 is 5.27. The smallest absolute Gasteiger partial charge is 0.335 e. The fraction of sp³-hybridized carbons (Fsp3) is 0.375. The molecule has 0 aromatic heterocycles. The van der Waals surface area contributed by atoms with Gasteiger partial charge in [-0.3, -0.25) is 4.79 Å². The first-order chi connectivity index (χ1) is 9.99. The van der Waals surface area contributed by atoms with Gasteiger partial charge in [0.2, 0.25) is 5.91 Å². The standard InChI is InChI=1S/C16H21NO4/c1-12(2)11-21-10-9-17-15(18)8-5-13-3-6-14(7-4-13)16(19)20/h3-4,6-7H,1,5,8-11H2,2H3,(H,17,18)(H,19,20). The summed E-state index contributed by atoms with van der Waals surface area (Å²) in [6.07, 6.45) is 0.950. The SMILES string of the molecule is C=C(C)COCCNC(=O)CCc1ccc(C(=O)O)cc1. The van der Waals surface area contributed by atoms with Crippen molar-refractivity contribution in [1.82, 2.24) is 5.32 Å². The van der Waals surface area contributed by atoms with Crippen molar-refractivity contribution in [2.24, 2.45) is 0 Å². The molecule has 2 N–H and O–H groups in total. The fourth-order valence-corrected chi connectivity index (χ4v) is 1.67. The van der Waals surface area contributed by atoms with Gasteiger partial charge in [0.25, 0.3) is 0 Å². The molecular weight excluding hydrogens is 270 g/mol. The quantitative estimate of drug-likeness (QED) is 0.539. The molecule has 0 spiro atoms. The zero-order valence-electron chi connectivity index (χ0n) is 12.2. The normalized spacial score (nSPS) is 10.1. The van der Waals surface area contributed by atoms with Crippen molar-refractivity contribution in [3.05, 3.63) is 47.5 Å². The van der Waals surface area contributed by atoms with E-state index in [1.165, 1.54) is 0 Å². The van der Waals surface area contributed by atoms with Crippen LogP contribution in [0.2, 0.25) is 0 Å². The van der Waals surface area contributed by atoms with Crippen molar-refractivity contribution < 1.29 is 19.4 Å². The van der Waals surface area contributed by atoms with Gasteiger partial charge in [-0.15, -0.1) is 0 Å². The zero-order valence-corrected chi connectivity index (χ0v) is 12.2. The Balaban J connectivity index is 2.20. The molecule has 0 aliphatic carbocycles. The summed E-state index contributed by atoms with van der Waals surface area (Å²) in [7, 11) is 0. The predicted octanol–water partition coefficient (Wildman–Crippen LogP) is 2.03. The molecule has 1 rings (SSSR count). The second-order valence-corrected chi connectivity index (χ2v) is 4.86. The summed E-state index contributed by atoms with van der Waals surface area (Å²) in [5, 5.41) is 11.6. The van der Waals surface area contributed by atoms with Crippen molar-refractivity contribution in [3.8, 4) is 0 Å². The molecule has 0 aliphatic rings. The van der Waals surface area contributed by atoms with Gasteiger partial charge in [0.15, 0.2) is 0 Å². The molecule has 0 fully saturated rings. The lowest BCUT2D eigenvalue weighted by atomic mass is 10.1. The number of carboxylic acid groups (broad SMARTS) is 1. The van der Waals surface area contributed by atoms with Gasteiger partial charge in [-0.05, 0) is 31.0 Å². The van der Waals surface area contributed by atoms with Gasteiger partial charge in [0.1, 0.15) is 0 Å². The van der Waals surface area contributed by atoms with Crippen LogP contribution in [0.25, 0.3) is 0 Å². The van der Waals surface area contributed by atoms with Crippen molar-refractivity contribution in [2.45, 2.75) is 19.8 Å². The maximum atomic E-state index is 11.6. The Morgan fingerprint density at radius 3 is 2.52 bits per heavy atom. The van der Waals surface area contributed by atoms with Gasteiger partial charge >= 0.3 is 5.97 Å². The Labute approximate surface area is 124 Å². The average molecular weight is 291 g/mol. The number of hydrogen-bond acceptors (Lipinski definition) is 3. The Hall–Kier alpha value is -2.14. The number of rotatable bonds is 9. The Kier molecular flexibility index (Phi) is 7.18. The van der Waals surface area contributed by atoms with E-state index in [0.29, 0.717) is 32.6 Å². The molecule has 0 bridgehead atoms. The molecule has 0 atom stereocenters. The maximum Gasteiger partial charge on any atom is 0.335 e. The Bertz CT molecular complexity index is 494. The van der Waals surface area contributed by atoms with E-state index in [-0.39, 0.29) is 11.5 Å². The minimum atomic E-state index is -0.950. The summed E-state index contributed by atoms with van der Waals surface area (Å²) >= 11 is 0. The monoisotopic (exact) mass is 291 g/mol. The number of benzene rings is 1. The molecule has 0 aliphatic heterocycles. The molecule has 0 unspecified atom stereocenters. The van der Waals surface area contributed by atoms with Crippen LogP contribution < -0.4 is 5.32 Å². The van der Waals surface area contributed by atoms with Gasteiger partial charge in [-0.1, -0.05) is 24.3 Å². The Morgan fingerprint density at radius 1 is 1.29 bits per heavy atom. The second kappa shape index (κ2) is 8.92. The van der Waals surface area contributed by atoms with Crippen molar-refractivity contribution in [3.63, 3.8) is 0 Å². The maximum absolute atomic E-state index is 11.6. The molecule has 1 aromatic rings. The van der Waals surface area contributed by atoms with Crippen LogP contribution in [-0.2, 0) is 16.0 Å². The van der Waals surface area contributed by atoms with Crippen LogP contribution in [0.15, 0.2) is 36.4 Å². The number of carboxylic acids is 1. The second-order valence-electron chi connectivity index (χ2n) is 4.86. The van der Waals surface area contributed by atoms with Crippen molar-refractivity contribution in [1.29, 1.82) is 0 Å². The number of carbonyl (C=O) groups is 2. The lowest BCUT2D eigenvalue weighted by molar-refractivity contribution is -0.121. The van der Waals surface area contributed by atoms with E-state index in [1.54, 1.807) is 24.3 Å². The van der Waals surface area contributed by atoms with E-state index in [2.05, 4.69) is 11.9 Å². The molecule has 0 radical (unpaired) electrons. The number of nitrogens with one attached hydrogen (secondary N) is 1. The van der Waals surface area contributed by atoms with Gasteiger partial charge < -0.3 is 15.2 Å². The molecule has 1 amide bonds. The molecule has 21 heavy (non-hydrogen) atoms. The average Bonchev–Trinajstić information content (AvgIpc) is 2.44. The lowest BCUT2D eigenvalue weighted by Gasteiger charge is -2.06. The third kappa shape index (κ3) is 7.27. The van der Waals surface area contributed by atoms with E-state index in [0.717, 1.165) is 11.1 Å². The van der Waals surface area contributed by atoms with Crippen LogP contribution in [0.4, 0.5) is 0 Å². The van der Waals surface area contributed by atoms with Crippen LogP contribution in [0, 0.1) is 0 Å². The minimum absolute atomic E-state index is 0.0452. The molecule has 5 nitrogen and oxygen atoms in total. The van der Waals surface area contributed by atoms with Crippen molar-refractivity contribution >= 4 is 11.9 Å². The summed E-state index contributed by atoms with van der Waals surface area (Å²) in [6, 6.07) is 6.54. The third-order valence-electron chi connectivity index (χ3n) is 2.76. The first-order valence-electron chi connectivity index (χ1n) is 6.80. The fourth-order valence-electron chi connectivity index (χ4n) is 1.67. The van der Waals surface area contributed by atoms with Crippen LogP contribution in [0.1, 0.15) is 29.3 Å². The van der Waals surface area contributed by atoms with E-state index >= 15 is 0 Å². The highest BCUT2D eigenvalue weighted by molar-refractivity contribution is 5.87. The molecule has 5 heteroatoms. The number of hydrogen-bond donors (Lipinski definition) is 2. The summed E-state index contributed by atoms with van der Waals surface area (Å²) in [5.74, 6) is -0.995. The van der Waals surface area contributed by atoms with Gasteiger partial charge in [-0.25, -0.2) is 4.79 Å². The first kappa shape index (κ1) is 16.9. The van der Waals surface area contributed by atoms with Crippen LogP contribution in [-0.4, -0.2) is 36.7 Å². The van der Waals surface area contributed by atoms with E-state index in [4.69, 9.17) is 9.84 Å². The highest BCUT2D eigenvalue weighted by Crippen LogP contribution is 2.06. The van der Waals surface area contributed by atoms with Gasteiger partial charge in [0, 0.05) is 13.0 Å². The summed E-state index contributed by atoms with van der Waals surface area (Å²) in [6.45, 7) is 7.05. The third-order valence-corrected chi connectivity index (χ3v) is 2.76. The molecule has 0 saturated carbocycles. The molecular formula is C16H21NO4. The van der Waals surface area contributed by atoms with Gasteiger partial charge in [-0.2, -0.15) is 0 Å².